The second-order valence-electron chi connectivity index (χ2n) is 19.1. The minimum absolute atomic E-state index is 0.608. The Bertz CT molecular complexity index is 4050. The Morgan fingerprint density at radius 2 is 0.550 bits per heavy atom. The zero-order valence-corrected chi connectivity index (χ0v) is 44.6. The summed E-state index contributed by atoms with van der Waals surface area (Å²) in [4.78, 5) is 18.2. The summed E-state index contributed by atoms with van der Waals surface area (Å²) in [5.41, 5.74) is 11.4. The first kappa shape index (κ1) is 49.3. The predicted octanol–water partition coefficient (Wildman–Crippen LogP) is 18.5. The van der Waals surface area contributed by atoms with Crippen molar-refractivity contribution in [3.63, 3.8) is 0 Å². The smallest absolute Gasteiger partial charge is 0.576 e. The number of benzene rings is 11. The molecule has 14 rings (SSSR count). The number of para-hydroxylation sites is 5. The summed E-state index contributed by atoms with van der Waals surface area (Å²) in [6.45, 7) is 0. The van der Waals surface area contributed by atoms with Crippen LogP contribution in [0.4, 0.5) is 34.1 Å². The molecular formula is C71H50AlN5O3. The number of aromatic nitrogens is 3. The summed E-state index contributed by atoms with van der Waals surface area (Å²) in [5, 5.41) is 7.84. The molecule has 0 aliphatic carbocycles. The number of rotatable bonds is 13. The zero-order chi connectivity index (χ0) is 53.5. The van der Waals surface area contributed by atoms with Crippen molar-refractivity contribution in [2.45, 2.75) is 0 Å². The largest absolute Gasteiger partial charge is 1.20 e. The Hall–Kier alpha value is -10.3. The molecule has 0 amide bonds. The molecule has 3 aromatic heterocycles. The molecule has 0 aliphatic heterocycles. The monoisotopic (exact) mass is 1050 g/mol. The summed E-state index contributed by atoms with van der Waals surface area (Å²) in [6, 6.07) is 98.3. The molecule has 0 unspecified atom stereocenters. The highest BCUT2D eigenvalue weighted by Crippen LogP contribution is 2.42. The second kappa shape index (κ2) is 22.7. The Morgan fingerprint density at radius 1 is 0.250 bits per heavy atom. The molecule has 0 fully saturated rings. The lowest BCUT2D eigenvalue weighted by atomic mass is 10.0. The van der Waals surface area contributed by atoms with Crippen LogP contribution in [0.25, 0.3) is 65.4 Å². The van der Waals surface area contributed by atoms with Crippen LogP contribution in [0.3, 0.4) is 0 Å². The van der Waals surface area contributed by atoms with Gasteiger partial charge in [0.15, 0.2) is 0 Å². The zero-order valence-electron chi connectivity index (χ0n) is 43.4. The standard InChI is InChI=1S/C44H32N2.3C9H7NO.Al/c1-3-17-37(18-4-1)45(43-23-11-15-35-13-7-9-21-41(35)43)39-29-25-33(26-30-39)34-27-31-40(32-28-34)46(38-19-5-2-6-20-38)44-24-12-16-36-14-8-10-22-42(36)44;3*11-8-5-1-3-7-4-2-6-10-9(7)8;/h1-32H;3*1-6,11H;/q;;;;+3/p-3. The highest BCUT2D eigenvalue weighted by molar-refractivity contribution is 6.40. The Labute approximate surface area is 469 Å². The topological polar surface area (TPSA) is 72.8 Å². The van der Waals surface area contributed by atoms with E-state index in [2.05, 4.69) is 219 Å². The van der Waals surface area contributed by atoms with E-state index in [9.17, 15) is 0 Å². The van der Waals surface area contributed by atoms with E-state index in [1.54, 1.807) is 18.6 Å². The fourth-order valence-electron chi connectivity index (χ4n) is 10.3. The van der Waals surface area contributed by atoms with E-state index in [-0.39, 0.29) is 0 Å². The van der Waals surface area contributed by atoms with Crippen LogP contribution in [0.15, 0.2) is 304 Å². The maximum atomic E-state index is 6.41. The first-order valence-corrected chi connectivity index (χ1v) is 28.0. The van der Waals surface area contributed by atoms with E-state index in [1.165, 1.54) is 32.7 Å². The molecule has 380 valence electrons. The molecule has 14 aromatic rings. The average Bonchev–Trinajstić information content (AvgIpc) is 3.59. The second-order valence-corrected chi connectivity index (χ2v) is 20.4. The molecule has 11 aromatic carbocycles. The molecule has 9 heteroatoms. The van der Waals surface area contributed by atoms with Crippen molar-refractivity contribution < 1.29 is 11.4 Å². The van der Waals surface area contributed by atoms with Gasteiger partial charge in [0, 0.05) is 68.3 Å². The number of fused-ring (bicyclic) bond motifs is 5. The maximum absolute atomic E-state index is 6.41. The van der Waals surface area contributed by atoms with Crippen LogP contribution in [0.5, 0.6) is 17.2 Å². The number of pyridine rings is 3. The molecule has 80 heavy (non-hydrogen) atoms. The van der Waals surface area contributed by atoms with Crippen molar-refractivity contribution in [1.82, 2.24) is 15.0 Å². The van der Waals surface area contributed by atoms with Gasteiger partial charge in [-0.1, -0.05) is 188 Å². The molecule has 0 spiro atoms. The van der Waals surface area contributed by atoms with Gasteiger partial charge in [-0.2, -0.15) is 0 Å². The van der Waals surface area contributed by atoms with Crippen LogP contribution in [0.1, 0.15) is 0 Å². The first-order chi connectivity index (χ1) is 39.7. The summed E-state index contributed by atoms with van der Waals surface area (Å²) in [7, 11) is 0. The van der Waals surface area contributed by atoms with Crippen LogP contribution >= 0.6 is 0 Å². The third kappa shape index (κ3) is 10.3. The third-order valence-electron chi connectivity index (χ3n) is 14.1. The SMILES string of the molecule is c1ccc(N(c2ccc(-c3ccc(N(c4ccccc4)c4cccc5ccccc45)cc3)cc2)c2cccc3ccccc23)cc1.c1cnc2c([O][Al]([O]c3cccc4cccnc34)[O]c3cccc4cccnc34)cccc2c1. The highest BCUT2D eigenvalue weighted by atomic mass is 27.3. The highest BCUT2D eigenvalue weighted by Gasteiger charge is 2.46. The number of hydrogen-bond acceptors (Lipinski definition) is 8. The van der Waals surface area contributed by atoms with E-state index >= 15 is 0 Å². The summed E-state index contributed by atoms with van der Waals surface area (Å²) in [5.74, 6) is 1.82. The van der Waals surface area contributed by atoms with Crippen molar-refractivity contribution in [3.8, 4) is 28.4 Å². The summed E-state index contributed by atoms with van der Waals surface area (Å²) >= 11 is -2.86. The minimum Gasteiger partial charge on any atom is -0.576 e. The summed E-state index contributed by atoms with van der Waals surface area (Å²) in [6.07, 6.45) is 5.24. The molecule has 3 heterocycles. The molecule has 0 saturated heterocycles. The van der Waals surface area contributed by atoms with E-state index in [4.69, 9.17) is 11.4 Å². The molecule has 0 bridgehead atoms. The molecule has 0 saturated carbocycles. The van der Waals surface area contributed by atoms with E-state index < -0.39 is 15.1 Å². The average molecular weight is 1050 g/mol. The fraction of sp³-hybridized carbons (Fsp3) is 0. The van der Waals surface area contributed by atoms with Gasteiger partial charge in [0.1, 0.15) is 33.8 Å². The van der Waals surface area contributed by atoms with Crippen molar-refractivity contribution in [3.05, 3.63) is 304 Å². The molecular weight excluding hydrogens is 998 g/mol. The van der Waals surface area contributed by atoms with Gasteiger partial charge in [0.25, 0.3) is 0 Å². The quantitative estimate of drug-likeness (QED) is 0.106. The number of anilines is 6. The lowest BCUT2D eigenvalue weighted by Gasteiger charge is -2.27. The maximum Gasteiger partial charge on any atom is 1.20 e. The molecule has 0 atom stereocenters. The van der Waals surface area contributed by atoms with E-state index in [1.807, 2.05) is 91.0 Å². The normalized spacial score (nSPS) is 11.0. The summed E-state index contributed by atoms with van der Waals surface area (Å²) < 4.78 is 19.2. The third-order valence-corrected chi connectivity index (χ3v) is 15.4. The van der Waals surface area contributed by atoms with Crippen LogP contribution < -0.4 is 21.2 Å². The van der Waals surface area contributed by atoms with Gasteiger partial charge in [0.05, 0.1) is 11.4 Å². The van der Waals surface area contributed by atoms with Gasteiger partial charge in [-0.3, -0.25) is 15.0 Å². The van der Waals surface area contributed by atoms with Gasteiger partial charge in [0.2, 0.25) is 0 Å². The van der Waals surface area contributed by atoms with Gasteiger partial charge < -0.3 is 21.2 Å². The van der Waals surface area contributed by atoms with Crippen LogP contribution in [-0.2, 0) is 0 Å². The van der Waals surface area contributed by atoms with Crippen molar-refractivity contribution in [2.24, 2.45) is 0 Å². The lowest BCUT2D eigenvalue weighted by molar-refractivity contribution is 0.311. The predicted molar refractivity (Wildman–Crippen MR) is 329 cm³/mol. The van der Waals surface area contributed by atoms with Gasteiger partial charge in [-0.25, -0.2) is 0 Å². The molecule has 0 aliphatic rings. The lowest BCUT2D eigenvalue weighted by Crippen LogP contribution is -2.37. The van der Waals surface area contributed by atoms with Gasteiger partial charge in [-0.15, -0.1) is 0 Å². The minimum atomic E-state index is -2.86. The number of hydrogen-bond donors (Lipinski definition) is 0. The van der Waals surface area contributed by atoms with Crippen LogP contribution in [-0.4, -0.2) is 30.1 Å². The van der Waals surface area contributed by atoms with Crippen molar-refractivity contribution in [2.75, 3.05) is 9.80 Å². The Morgan fingerprint density at radius 3 is 0.938 bits per heavy atom. The van der Waals surface area contributed by atoms with Gasteiger partial charge >= 0.3 is 15.1 Å². The van der Waals surface area contributed by atoms with Crippen molar-refractivity contribution >= 4 is 104 Å². The van der Waals surface area contributed by atoms with Crippen molar-refractivity contribution in [1.29, 1.82) is 0 Å². The molecule has 0 N–H and O–H groups in total. The van der Waals surface area contributed by atoms with Crippen LogP contribution in [0.2, 0.25) is 0 Å². The number of nitrogens with zero attached hydrogens (tertiary/aromatic N) is 5. The van der Waals surface area contributed by atoms with E-state index in [0.717, 1.165) is 66.8 Å². The van der Waals surface area contributed by atoms with Crippen LogP contribution in [0, 0.1) is 0 Å². The first-order valence-electron chi connectivity index (χ1n) is 26.6. The Balaban J connectivity index is 0.000000158. The molecule has 8 nitrogen and oxygen atoms in total. The molecule has 0 radical (unpaired) electrons. The Kier molecular flexibility index (Phi) is 14.0. The van der Waals surface area contributed by atoms with E-state index in [0.29, 0.717) is 17.2 Å². The fourth-order valence-corrected chi connectivity index (χ4v) is 11.7. The van der Waals surface area contributed by atoms with Gasteiger partial charge in [-0.05, 0) is 119 Å².